The lowest BCUT2D eigenvalue weighted by Crippen LogP contribution is -2.48. The van der Waals surface area contributed by atoms with E-state index in [9.17, 15) is 4.79 Å². The molecule has 0 N–H and O–H groups in total. The molecule has 3 aromatic rings. The topological polar surface area (TPSA) is 45.9 Å². The minimum atomic E-state index is 0.0557. The summed E-state index contributed by atoms with van der Waals surface area (Å²) < 4.78 is 12.8. The van der Waals surface area contributed by atoms with Crippen molar-refractivity contribution in [1.82, 2.24) is 9.80 Å². The van der Waals surface area contributed by atoms with Crippen molar-refractivity contribution in [1.29, 1.82) is 0 Å². The van der Waals surface area contributed by atoms with Gasteiger partial charge in [0.25, 0.3) is 0 Å². The van der Waals surface area contributed by atoms with E-state index in [1.807, 2.05) is 36.9 Å². The summed E-state index contributed by atoms with van der Waals surface area (Å²) in [4.78, 5) is 17.2. The number of nitrogens with zero attached hydrogens (tertiary/aromatic N) is 2. The van der Waals surface area contributed by atoms with Gasteiger partial charge >= 0.3 is 0 Å². The second kappa shape index (κ2) is 9.92. The van der Waals surface area contributed by atoms with Crippen molar-refractivity contribution < 1.29 is 13.9 Å². The minimum absolute atomic E-state index is 0.0557. The van der Waals surface area contributed by atoms with E-state index in [1.54, 1.807) is 12.3 Å². The van der Waals surface area contributed by atoms with Gasteiger partial charge in [-0.3, -0.25) is 4.79 Å². The number of carbonyl (C=O) groups is 1. The fourth-order valence-corrected chi connectivity index (χ4v) is 4.56. The third-order valence-corrected chi connectivity index (χ3v) is 6.50. The predicted octanol–water partition coefficient (Wildman–Crippen LogP) is 5.83. The smallest absolute Gasteiger partial charge is 0.246 e. The number of benzene rings is 2. The lowest BCUT2D eigenvalue weighted by molar-refractivity contribution is -0.127. The van der Waals surface area contributed by atoms with Crippen molar-refractivity contribution in [3.63, 3.8) is 0 Å². The zero-order chi connectivity index (χ0) is 22.7. The van der Waals surface area contributed by atoms with Crippen LogP contribution < -0.4 is 4.74 Å². The molecule has 2 heterocycles. The zero-order valence-corrected chi connectivity index (χ0v) is 20.4. The predicted molar refractivity (Wildman–Crippen MR) is 133 cm³/mol. The van der Waals surface area contributed by atoms with Crippen LogP contribution in [0.5, 0.6) is 5.75 Å². The molecule has 1 aliphatic rings. The summed E-state index contributed by atoms with van der Waals surface area (Å²) in [6, 6.07) is 12.2. The molecule has 2 aromatic carbocycles. The molecular formula is C26H29BrN2O3. The van der Waals surface area contributed by atoms with E-state index in [4.69, 9.17) is 9.15 Å². The van der Waals surface area contributed by atoms with Gasteiger partial charge in [-0.2, -0.15) is 0 Å². The number of amides is 1. The lowest BCUT2D eigenvalue weighted by atomic mass is 9.99. The molecule has 0 radical (unpaired) electrons. The molecule has 168 valence electrons. The van der Waals surface area contributed by atoms with Crippen LogP contribution in [0.4, 0.5) is 0 Å². The second-order valence-electron chi connectivity index (χ2n) is 8.02. The van der Waals surface area contributed by atoms with Crippen molar-refractivity contribution in [3.05, 3.63) is 58.8 Å². The first kappa shape index (κ1) is 22.6. The zero-order valence-electron chi connectivity index (χ0n) is 18.9. The van der Waals surface area contributed by atoms with Gasteiger partial charge in [-0.15, -0.1) is 0 Å². The van der Waals surface area contributed by atoms with Crippen molar-refractivity contribution in [2.75, 3.05) is 39.3 Å². The number of hydrogen-bond acceptors (Lipinski definition) is 4. The first-order valence-electron chi connectivity index (χ1n) is 11.1. The number of fused-ring (bicyclic) bond motifs is 1. The third kappa shape index (κ3) is 4.76. The molecule has 1 aliphatic heterocycles. The van der Waals surface area contributed by atoms with E-state index in [0.717, 1.165) is 76.2 Å². The largest absolute Gasteiger partial charge is 0.493 e. The van der Waals surface area contributed by atoms with Gasteiger partial charge in [-0.05, 0) is 49.7 Å². The number of allylic oxidation sites excluding steroid dienone is 1. The molecule has 0 aliphatic carbocycles. The van der Waals surface area contributed by atoms with E-state index < -0.39 is 0 Å². The van der Waals surface area contributed by atoms with E-state index in [0.29, 0.717) is 6.61 Å². The minimum Gasteiger partial charge on any atom is -0.493 e. The van der Waals surface area contributed by atoms with Gasteiger partial charge in [0, 0.05) is 59.3 Å². The summed E-state index contributed by atoms with van der Waals surface area (Å²) in [6.45, 7) is 11.0. The number of piperazine rings is 1. The number of ether oxygens (including phenoxy) is 1. The molecule has 0 bridgehead atoms. The van der Waals surface area contributed by atoms with Gasteiger partial charge in [0.05, 0.1) is 12.9 Å². The Morgan fingerprint density at radius 1 is 1.16 bits per heavy atom. The SMILES string of the molecule is CCOc1cc2occ(-c3cccc(Br)c3)c2cc1/C(C)=C/C(=O)N1CCN(CC)CC1. The molecule has 1 aromatic heterocycles. The Labute approximate surface area is 197 Å². The van der Waals surface area contributed by atoms with Crippen LogP contribution in [0.3, 0.4) is 0 Å². The quantitative estimate of drug-likeness (QED) is 0.402. The molecular weight excluding hydrogens is 468 g/mol. The fraction of sp³-hybridized carbons (Fsp3) is 0.346. The maximum Gasteiger partial charge on any atom is 0.246 e. The lowest BCUT2D eigenvalue weighted by Gasteiger charge is -2.33. The number of halogens is 1. The number of rotatable bonds is 6. The van der Waals surface area contributed by atoms with Crippen LogP contribution in [0, 0.1) is 0 Å². The van der Waals surface area contributed by atoms with Crippen LogP contribution in [0.2, 0.25) is 0 Å². The Hall–Kier alpha value is -2.57. The Bertz CT molecular complexity index is 1140. The van der Waals surface area contributed by atoms with Gasteiger partial charge in [0.15, 0.2) is 0 Å². The van der Waals surface area contributed by atoms with Gasteiger partial charge < -0.3 is 19.0 Å². The summed E-state index contributed by atoms with van der Waals surface area (Å²) in [5.74, 6) is 0.785. The summed E-state index contributed by atoms with van der Waals surface area (Å²) in [7, 11) is 0. The van der Waals surface area contributed by atoms with Crippen LogP contribution in [-0.2, 0) is 4.79 Å². The summed E-state index contributed by atoms with van der Waals surface area (Å²) in [5, 5.41) is 0.998. The van der Waals surface area contributed by atoms with Crippen molar-refractivity contribution in [2.45, 2.75) is 20.8 Å². The highest BCUT2D eigenvalue weighted by atomic mass is 79.9. The third-order valence-electron chi connectivity index (χ3n) is 6.01. The number of likely N-dealkylation sites (N-methyl/N-ethyl adjacent to an activating group) is 1. The van der Waals surface area contributed by atoms with Crippen molar-refractivity contribution in [2.24, 2.45) is 0 Å². The Morgan fingerprint density at radius 2 is 1.94 bits per heavy atom. The number of hydrogen-bond donors (Lipinski definition) is 0. The van der Waals surface area contributed by atoms with Crippen LogP contribution in [-0.4, -0.2) is 55.0 Å². The normalized spacial score (nSPS) is 15.4. The molecule has 0 spiro atoms. The average molecular weight is 497 g/mol. The Kier molecular flexibility index (Phi) is 7.01. The first-order valence-corrected chi connectivity index (χ1v) is 11.9. The number of furan rings is 1. The highest BCUT2D eigenvalue weighted by Gasteiger charge is 2.20. The molecule has 0 unspecified atom stereocenters. The fourth-order valence-electron chi connectivity index (χ4n) is 4.16. The highest BCUT2D eigenvalue weighted by molar-refractivity contribution is 9.10. The summed E-state index contributed by atoms with van der Waals surface area (Å²) >= 11 is 3.55. The Balaban J connectivity index is 1.69. The maximum absolute atomic E-state index is 13.0. The second-order valence-corrected chi connectivity index (χ2v) is 8.94. The monoisotopic (exact) mass is 496 g/mol. The summed E-state index contributed by atoms with van der Waals surface area (Å²) in [5.41, 5.74) is 4.65. The van der Waals surface area contributed by atoms with E-state index in [-0.39, 0.29) is 5.91 Å². The van der Waals surface area contributed by atoms with Crippen LogP contribution in [0.1, 0.15) is 26.3 Å². The molecule has 32 heavy (non-hydrogen) atoms. The van der Waals surface area contributed by atoms with Gasteiger partial charge in [0.1, 0.15) is 11.3 Å². The average Bonchev–Trinajstić information content (AvgIpc) is 3.21. The Morgan fingerprint density at radius 3 is 2.62 bits per heavy atom. The summed E-state index contributed by atoms with van der Waals surface area (Å²) in [6.07, 6.45) is 3.52. The molecule has 4 rings (SSSR count). The molecule has 0 atom stereocenters. The molecule has 5 nitrogen and oxygen atoms in total. The van der Waals surface area contributed by atoms with E-state index in [1.165, 1.54) is 0 Å². The first-order chi connectivity index (χ1) is 15.5. The van der Waals surface area contributed by atoms with Crippen LogP contribution in [0.25, 0.3) is 27.7 Å². The standard InChI is InChI=1S/C26H29BrN2O3/c1-4-28-9-11-29(12-10-28)26(30)13-18(3)21-15-22-23(19-7-6-8-20(27)14-19)17-32-25(22)16-24(21)31-5-2/h6-8,13-17H,4-5,9-12H2,1-3H3/b18-13+. The van der Waals surface area contributed by atoms with Gasteiger partial charge in [-0.1, -0.05) is 35.0 Å². The van der Waals surface area contributed by atoms with E-state index >= 15 is 0 Å². The van der Waals surface area contributed by atoms with Crippen molar-refractivity contribution in [3.8, 4) is 16.9 Å². The molecule has 6 heteroatoms. The molecule has 1 amide bonds. The maximum atomic E-state index is 13.0. The van der Waals surface area contributed by atoms with Crippen LogP contribution >= 0.6 is 15.9 Å². The molecule has 1 fully saturated rings. The van der Waals surface area contributed by atoms with Crippen molar-refractivity contribution >= 4 is 38.4 Å². The van der Waals surface area contributed by atoms with Gasteiger partial charge in [-0.25, -0.2) is 0 Å². The van der Waals surface area contributed by atoms with Gasteiger partial charge in [0.2, 0.25) is 5.91 Å². The molecule has 0 saturated carbocycles. The molecule has 1 saturated heterocycles. The number of carbonyl (C=O) groups excluding carboxylic acids is 1. The highest BCUT2D eigenvalue weighted by Crippen LogP contribution is 2.38. The van der Waals surface area contributed by atoms with Crippen LogP contribution in [0.15, 0.2) is 57.6 Å². The van der Waals surface area contributed by atoms with E-state index in [2.05, 4.69) is 46.0 Å².